The van der Waals surface area contributed by atoms with E-state index in [2.05, 4.69) is 24.0 Å². The van der Waals surface area contributed by atoms with Crippen molar-refractivity contribution in [2.75, 3.05) is 6.61 Å². The smallest absolute Gasteiger partial charge is 0.247 e. The van der Waals surface area contributed by atoms with E-state index in [0.29, 0.717) is 17.7 Å². The van der Waals surface area contributed by atoms with Crippen LogP contribution in [0, 0.1) is 12.8 Å². The Balaban J connectivity index is 1.90. The van der Waals surface area contributed by atoms with E-state index in [0.717, 1.165) is 17.9 Å². The van der Waals surface area contributed by atoms with Gasteiger partial charge in [-0.15, -0.1) is 10.2 Å². The molecule has 0 bridgehead atoms. The standard InChI is InChI=1S/C17H24N2O2/c1-4-6-7-14(5-2)12-20-16-10-8-15(9-11-16)17-19-18-13(3)21-17/h8-11,14H,4-7,12H2,1-3H3. The minimum Gasteiger partial charge on any atom is -0.493 e. The highest BCUT2D eigenvalue weighted by atomic mass is 16.5. The molecular weight excluding hydrogens is 264 g/mol. The molecule has 114 valence electrons. The lowest BCUT2D eigenvalue weighted by molar-refractivity contribution is 0.233. The Morgan fingerprint density at radius 3 is 2.48 bits per heavy atom. The van der Waals surface area contributed by atoms with E-state index in [1.165, 1.54) is 25.7 Å². The molecule has 1 aromatic heterocycles. The summed E-state index contributed by atoms with van der Waals surface area (Å²) in [5, 5.41) is 7.85. The van der Waals surface area contributed by atoms with Crippen molar-refractivity contribution in [1.82, 2.24) is 10.2 Å². The van der Waals surface area contributed by atoms with Gasteiger partial charge in [-0.05, 0) is 36.6 Å². The van der Waals surface area contributed by atoms with E-state index in [9.17, 15) is 0 Å². The zero-order valence-corrected chi connectivity index (χ0v) is 13.1. The molecule has 1 heterocycles. The highest BCUT2D eigenvalue weighted by Gasteiger charge is 2.08. The van der Waals surface area contributed by atoms with Gasteiger partial charge in [0.05, 0.1) is 6.61 Å². The molecule has 0 saturated carbocycles. The van der Waals surface area contributed by atoms with Crippen LogP contribution in [-0.4, -0.2) is 16.8 Å². The van der Waals surface area contributed by atoms with Crippen LogP contribution in [0.1, 0.15) is 45.4 Å². The third kappa shape index (κ3) is 4.59. The van der Waals surface area contributed by atoms with E-state index in [1.807, 2.05) is 24.3 Å². The molecule has 0 aliphatic rings. The van der Waals surface area contributed by atoms with Gasteiger partial charge in [0.25, 0.3) is 0 Å². The summed E-state index contributed by atoms with van der Waals surface area (Å²) >= 11 is 0. The summed E-state index contributed by atoms with van der Waals surface area (Å²) in [4.78, 5) is 0. The van der Waals surface area contributed by atoms with Crippen molar-refractivity contribution in [1.29, 1.82) is 0 Å². The second-order valence-electron chi connectivity index (χ2n) is 5.38. The summed E-state index contributed by atoms with van der Waals surface area (Å²) in [6.45, 7) is 7.03. The summed E-state index contributed by atoms with van der Waals surface area (Å²) in [5.74, 6) is 2.66. The first-order chi connectivity index (χ1) is 10.2. The second kappa shape index (κ2) is 7.81. The molecule has 0 radical (unpaired) electrons. The Labute approximate surface area is 126 Å². The molecule has 1 aromatic carbocycles. The quantitative estimate of drug-likeness (QED) is 0.710. The molecule has 0 aliphatic carbocycles. The molecule has 0 aliphatic heterocycles. The summed E-state index contributed by atoms with van der Waals surface area (Å²) in [5.41, 5.74) is 0.918. The summed E-state index contributed by atoms with van der Waals surface area (Å²) in [6, 6.07) is 7.83. The first-order valence-electron chi connectivity index (χ1n) is 7.76. The molecule has 0 N–H and O–H groups in total. The highest BCUT2D eigenvalue weighted by molar-refractivity contribution is 5.53. The third-order valence-corrected chi connectivity index (χ3v) is 3.66. The lowest BCUT2D eigenvalue weighted by Gasteiger charge is -2.15. The number of unbranched alkanes of at least 4 members (excludes halogenated alkanes) is 1. The highest BCUT2D eigenvalue weighted by Crippen LogP contribution is 2.22. The van der Waals surface area contributed by atoms with Gasteiger partial charge in [0.1, 0.15) is 5.75 Å². The molecule has 0 fully saturated rings. The van der Waals surface area contributed by atoms with Gasteiger partial charge in [-0.3, -0.25) is 0 Å². The number of hydrogen-bond donors (Lipinski definition) is 0. The average Bonchev–Trinajstić information content (AvgIpc) is 2.94. The van der Waals surface area contributed by atoms with Gasteiger partial charge in [-0.1, -0.05) is 33.1 Å². The minimum atomic E-state index is 0.549. The maximum absolute atomic E-state index is 5.89. The maximum Gasteiger partial charge on any atom is 0.247 e. The lowest BCUT2D eigenvalue weighted by Crippen LogP contribution is -2.11. The van der Waals surface area contributed by atoms with Crippen LogP contribution in [0.4, 0.5) is 0 Å². The van der Waals surface area contributed by atoms with Gasteiger partial charge in [0, 0.05) is 12.5 Å². The van der Waals surface area contributed by atoms with Crippen molar-refractivity contribution in [2.24, 2.45) is 5.92 Å². The minimum absolute atomic E-state index is 0.549. The van der Waals surface area contributed by atoms with E-state index in [-0.39, 0.29) is 0 Å². The van der Waals surface area contributed by atoms with Crippen molar-refractivity contribution < 1.29 is 9.15 Å². The van der Waals surface area contributed by atoms with Crippen LogP contribution < -0.4 is 4.74 Å². The van der Waals surface area contributed by atoms with Gasteiger partial charge in [-0.25, -0.2) is 0 Å². The molecule has 0 amide bonds. The van der Waals surface area contributed by atoms with Crippen LogP contribution in [0.15, 0.2) is 28.7 Å². The van der Waals surface area contributed by atoms with Crippen LogP contribution in [0.5, 0.6) is 5.75 Å². The van der Waals surface area contributed by atoms with Crippen LogP contribution in [0.2, 0.25) is 0 Å². The van der Waals surface area contributed by atoms with Crippen molar-refractivity contribution in [3.05, 3.63) is 30.2 Å². The lowest BCUT2D eigenvalue weighted by atomic mass is 10.0. The summed E-state index contributed by atoms with van der Waals surface area (Å²) in [6.07, 6.45) is 4.93. The number of benzene rings is 1. The Morgan fingerprint density at radius 1 is 1.14 bits per heavy atom. The van der Waals surface area contributed by atoms with E-state index in [4.69, 9.17) is 9.15 Å². The molecule has 2 aromatic rings. The Kier molecular flexibility index (Phi) is 5.78. The summed E-state index contributed by atoms with van der Waals surface area (Å²) in [7, 11) is 0. The van der Waals surface area contributed by atoms with E-state index in [1.54, 1.807) is 6.92 Å². The van der Waals surface area contributed by atoms with Crippen LogP contribution in [0.25, 0.3) is 11.5 Å². The van der Waals surface area contributed by atoms with Crippen LogP contribution >= 0.6 is 0 Å². The SMILES string of the molecule is CCCCC(CC)COc1ccc(-c2nnc(C)o2)cc1. The third-order valence-electron chi connectivity index (χ3n) is 3.66. The second-order valence-corrected chi connectivity index (χ2v) is 5.38. The number of aryl methyl sites for hydroxylation is 1. The average molecular weight is 288 g/mol. The Hall–Kier alpha value is -1.84. The predicted molar refractivity (Wildman–Crippen MR) is 83.3 cm³/mol. The van der Waals surface area contributed by atoms with Crippen LogP contribution in [0.3, 0.4) is 0 Å². The molecular formula is C17H24N2O2. The molecule has 4 heteroatoms. The number of hydrogen-bond acceptors (Lipinski definition) is 4. The Morgan fingerprint density at radius 2 is 1.90 bits per heavy atom. The van der Waals surface area contributed by atoms with Crippen molar-refractivity contribution in [2.45, 2.75) is 46.5 Å². The zero-order chi connectivity index (χ0) is 15.1. The number of ether oxygens (including phenoxy) is 1. The van der Waals surface area contributed by atoms with Gasteiger partial charge in [-0.2, -0.15) is 0 Å². The number of aromatic nitrogens is 2. The van der Waals surface area contributed by atoms with Gasteiger partial charge in [0.15, 0.2) is 0 Å². The van der Waals surface area contributed by atoms with Crippen molar-refractivity contribution in [3.63, 3.8) is 0 Å². The number of nitrogens with zero attached hydrogens (tertiary/aromatic N) is 2. The largest absolute Gasteiger partial charge is 0.493 e. The van der Waals surface area contributed by atoms with E-state index < -0.39 is 0 Å². The molecule has 0 spiro atoms. The maximum atomic E-state index is 5.89. The molecule has 1 unspecified atom stereocenters. The number of rotatable bonds is 8. The predicted octanol–water partition coefficient (Wildman–Crippen LogP) is 4.64. The van der Waals surface area contributed by atoms with Crippen molar-refractivity contribution >= 4 is 0 Å². The van der Waals surface area contributed by atoms with Gasteiger partial charge < -0.3 is 9.15 Å². The molecule has 4 nitrogen and oxygen atoms in total. The zero-order valence-electron chi connectivity index (χ0n) is 13.1. The normalized spacial score (nSPS) is 12.3. The molecule has 2 rings (SSSR count). The van der Waals surface area contributed by atoms with Crippen molar-refractivity contribution in [3.8, 4) is 17.2 Å². The molecule has 1 atom stereocenters. The van der Waals surface area contributed by atoms with E-state index >= 15 is 0 Å². The first-order valence-corrected chi connectivity index (χ1v) is 7.76. The fraction of sp³-hybridized carbons (Fsp3) is 0.529. The van der Waals surface area contributed by atoms with Crippen LogP contribution in [-0.2, 0) is 0 Å². The van der Waals surface area contributed by atoms with Gasteiger partial charge in [0.2, 0.25) is 11.8 Å². The molecule has 0 saturated heterocycles. The fourth-order valence-corrected chi connectivity index (χ4v) is 2.22. The Bertz CT molecular complexity index is 534. The molecule has 21 heavy (non-hydrogen) atoms. The first kappa shape index (κ1) is 15.5. The fourth-order valence-electron chi connectivity index (χ4n) is 2.22. The van der Waals surface area contributed by atoms with Gasteiger partial charge >= 0.3 is 0 Å². The summed E-state index contributed by atoms with van der Waals surface area (Å²) < 4.78 is 11.3. The monoisotopic (exact) mass is 288 g/mol. The topological polar surface area (TPSA) is 48.2 Å².